The molecule has 0 unspecified atom stereocenters. The first-order valence-corrected chi connectivity index (χ1v) is 9.03. The molecule has 1 heterocycles. The number of nitrogens with one attached hydrogen (secondary N) is 4. The smallest absolute Gasteiger partial charge is 0.319 e. The topological polar surface area (TPSA) is 86.0 Å². The van der Waals surface area contributed by atoms with E-state index in [2.05, 4.69) is 27.0 Å². The third kappa shape index (κ3) is 4.88. The summed E-state index contributed by atoms with van der Waals surface area (Å²) in [6, 6.07) is 14.7. The summed E-state index contributed by atoms with van der Waals surface area (Å²) in [4.78, 5) is 27.2. The number of hydrogen-bond acceptors (Lipinski definition) is 2. The van der Waals surface area contributed by atoms with E-state index in [-0.39, 0.29) is 18.0 Å². The summed E-state index contributed by atoms with van der Waals surface area (Å²) in [5.41, 5.74) is 3.48. The molecule has 0 fully saturated rings. The molecule has 0 atom stereocenters. The van der Waals surface area contributed by atoms with Crippen LogP contribution in [0.25, 0.3) is 10.9 Å². The van der Waals surface area contributed by atoms with Gasteiger partial charge < -0.3 is 20.9 Å². The predicted octanol–water partition coefficient (Wildman–Crippen LogP) is 3.67. The molecular weight excluding hydrogens is 340 g/mol. The lowest BCUT2D eigenvalue weighted by atomic mass is 10.1. The second-order valence-electron chi connectivity index (χ2n) is 6.70. The Morgan fingerprint density at radius 2 is 1.78 bits per heavy atom. The Bertz CT molecular complexity index is 929. The number of aromatic amines is 1. The van der Waals surface area contributed by atoms with E-state index in [0.717, 1.165) is 11.9 Å². The van der Waals surface area contributed by atoms with Gasteiger partial charge in [-0.3, -0.25) is 4.79 Å². The molecule has 0 aliphatic heterocycles. The van der Waals surface area contributed by atoms with Gasteiger partial charge in [-0.15, -0.1) is 0 Å². The molecule has 0 saturated heterocycles. The summed E-state index contributed by atoms with van der Waals surface area (Å²) in [5.74, 6) is -0.131. The lowest BCUT2D eigenvalue weighted by Crippen LogP contribution is -2.34. The molecule has 0 saturated carbocycles. The van der Waals surface area contributed by atoms with Crippen LogP contribution < -0.4 is 16.0 Å². The molecule has 27 heavy (non-hydrogen) atoms. The number of para-hydroxylation sites is 1. The number of amides is 3. The van der Waals surface area contributed by atoms with Crippen LogP contribution in [0.1, 0.15) is 29.8 Å². The minimum Gasteiger partial charge on any atom is -0.361 e. The molecule has 0 spiro atoms. The lowest BCUT2D eigenvalue weighted by molar-refractivity contribution is 0.0954. The Kier molecular flexibility index (Phi) is 5.76. The molecule has 1 aromatic heterocycles. The number of carbonyl (C=O) groups excluding carboxylic acids is 2. The van der Waals surface area contributed by atoms with E-state index >= 15 is 0 Å². The van der Waals surface area contributed by atoms with Crippen molar-refractivity contribution in [3.05, 3.63) is 65.9 Å². The minimum atomic E-state index is -0.263. The average Bonchev–Trinajstić information content (AvgIpc) is 3.05. The molecule has 6 nitrogen and oxygen atoms in total. The van der Waals surface area contributed by atoms with Crippen LogP contribution in [0.3, 0.4) is 0 Å². The zero-order valence-corrected chi connectivity index (χ0v) is 15.5. The Morgan fingerprint density at radius 3 is 2.52 bits per heavy atom. The van der Waals surface area contributed by atoms with Crippen LogP contribution in [-0.2, 0) is 6.42 Å². The molecule has 0 aliphatic carbocycles. The van der Waals surface area contributed by atoms with Gasteiger partial charge in [0.25, 0.3) is 5.91 Å². The van der Waals surface area contributed by atoms with E-state index in [1.807, 2.05) is 38.2 Å². The van der Waals surface area contributed by atoms with E-state index < -0.39 is 0 Å². The first-order chi connectivity index (χ1) is 13.0. The number of H-pyrrole nitrogens is 1. The van der Waals surface area contributed by atoms with Crippen LogP contribution in [0.4, 0.5) is 10.5 Å². The van der Waals surface area contributed by atoms with Crippen molar-refractivity contribution in [1.29, 1.82) is 0 Å². The third-order valence-corrected chi connectivity index (χ3v) is 4.18. The summed E-state index contributed by atoms with van der Waals surface area (Å²) in [6.07, 6.45) is 2.74. The molecule has 3 aromatic rings. The van der Waals surface area contributed by atoms with Gasteiger partial charge in [-0.25, -0.2) is 4.79 Å². The molecule has 2 aromatic carbocycles. The molecule has 0 radical (unpaired) electrons. The van der Waals surface area contributed by atoms with Gasteiger partial charge in [-0.1, -0.05) is 18.2 Å². The van der Waals surface area contributed by atoms with E-state index in [1.165, 1.54) is 10.9 Å². The van der Waals surface area contributed by atoms with Crippen molar-refractivity contribution in [3.63, 3.8) is 0 Å². The maximum absolute atomic E-state index is 12.3. The van der Waals surface area contributed by atoms with Crippen molar-refractivity contribution in [2.75, 3.05) is 11.9 Å². The molecule has 3 rings (SSSR count). The Hall–Kier alpha value is -3.28. The Balaban J connectivity index is 1.51. The average molecular weight is 364 g/mol. The monoisotopic (exact) mass is 364 g/mol. The van der Waals surface area contributed by atoms with Crippen molar-refractivity contribution in [2.45, 2.75) is 26.3 Å². The Labute approximate surface area is 158 Å². The minimum absolute atomic E-state index is 0.0622. The van der Waals surface area contributed by atoms with Crippen molar-refractivity contribution in [2.24, 2.45) is 0 Å². The van der Waals surface area contributed by atoms with Crippen LogP contribution in [0.5, 0.6) is 0 Å². The molecule has 6 heteroatoms. The van der Waals surface area contributed by atoms with E-state index in [1.54, 1.807) is 24.3 Å². The van der Waals surface area contributed by atoms with Crippen molar-refractivity contribution >= 4 is 28.5 Å². The van der Waals surface area contributed by atoms with Crippen LogP contribution in [0.2, 0.25) is 0 Å². The predicted molar refractivity (Wildman–Crippen MR) is 108 cm³/mol. The SMILES string of the molecule is CC(C)NC(=O)Nc1ccc(C(=O)NCCc2c[nH]c3ccccc23)cc1. The maximum Gasteiger partial charge on any atom is 0.319 e. The highest BCUT2D eigenvalue weighted by Crippen LogP contribution is 2.17. The highest BCUT2D eigenvalue weighted by Gasteiger charge is 2.08. The van der Waals surface area contributed by atoms with Crippen LogP contribution in [-0.4, -0.2) is 29.5 Å². The number of hydrogen-bond donors (Lipinski definition) is 4. The summed E-state index contributed by atoms with van der Waals surface area (Å²) in [5, 5.41) is 9.60. The van der Waals surface area contributed by atoms with Crippen molar-refractivity contribution < 1.29 is 9.59 Å². The molecule has 3 amide bonds. The second kappa shape index (κ2) is 8.40. The zero-order valence-electron chi connectivity index (χ0n) is 15.5. The van der Waals surface area contributed by atoms with Crippen molar-refractivity contribution in [1.82, 2.24) is 15.6 Å². The zero-order chi connectivity index (χ0) is 19.2. The van der Waals surface area contributed by atoms with E-state index in [9.17, 15) is 9.59 Å². The molecule has 4 N–H and O–H groups in total. The van der Waals surface area contributed by atoms with Gasteiger partial charge in [-0.2, -0.15) is 0 Å². The number of carbonyl (C=O) groups is 2. The van der Waals surface area contributed by atoms with E-state index in [0.29, 0.717) is 17.8 Å². The number of benzene rings is 2. The van der Waals surface area contributed by atoms with Gasteiger partial charge in [-0.05, 0) is 56.2 Å². The fraction of sp³-hybridized carbons (Fsp3) is 0.238. The largest absolute Gasteiger partial charge is 0.361 e. The summed E-state index contributed by atoms with van der Waals surface area (Å²) in [6.45, 7) is 4.34. The summed E-state index contributed by atoms with van der Waals surface area (Å²) < 4.78 is 0. The lowest BCUT2D eigenvalue weighted by Gasteiger charge is -2.10. The number of urea groups is 1. The highest BCUT2D eigenvalue weighted by molar-refractivity contribution is 5.95. The molecule has 140 valence electrons. The molecule has 0 aliphatic rings. The maximum atomic E-state index is 12.3. The fourth-order valence-corrected chi connectivity index (χ4v) is 2.89. The highest BCUT2D eigenvalue weighted by atomic mass is 16.2. The van der Waals surface area contributed by atoms with Gasteiger partial charge in [0.2, 0.25) is 0 Å². The van der Waals surface area contributed by atoms with Crippen molar-refractivity contribution in [3.8, 4) is 0 Å². The molecule has 0 bridgehead atoms. The standard InChI is InChI=1S/C21H24N4O2/c1-14(2)24-21(27)25-17-9-7-15(8-10-17)20(26)22-12-11-16-13-23-19-6-4-3-5-18(16)19/h3-10,13-14,23H,11-12H2,1-2H3,(H,22,26)(H2,24,25,27). The van der Waals surface area contributed by atoms with Crippen LogP contribution in [0, 0.1) is 0 Å². The number of rotatable bonds is 6. The van der Waals surface area contributed by atoms with Gasteiger partial charge >= 0.3 is 6.03 Å². The van der Waals surface area contributed by atoms with E-state index in [4.69, 9.17) is 0 Å². The normalized spacial score (nSPS) is 10.8. The van der Waals surface area contributed by atoms with Gasteiger partial charge in [0.05, 0.1) is 0 Å². The van der Waals surface area contributed by atoms with Gasteiger partial charge in [0.15, 0.2) is 0 Å². The Morgan fingerprint density at radius 1 is 1.04 bits per heavy atom. The second-order valence-corrected chi connectivity index (χ2v) is 6.70. The number of anilines is 1. The summed E-state index contributed by atoms with van der Waals surface area (Å²) in [7, 11) is 0. The molecular formula is C21H24N4O2. The third-order valence-electron chi connectivity index (χ3n) is 4.18. The number of fused-ring (bicyclic) bond motifs is 1. The quantitative estimate of drug-likeness (QED) is 0.538. The van der Waals surface area contributed by atoms with Gasteiger partial charge in [0, 0.05) is 40.9 Å². The fourth-order valence-electron chi connectivity index (χ4n) is 2.89. The first-order valence-electron chi connectivity index (χ1n) is 9.03. The van der Waals surface area contributed by atoms with Crippen LogP contribution in [0.15, 0.2) is 54.7 Å². The summed E-state index contributed by atoms with van der Waals surface area (Å²) >= 11 is 0. The van der Waals surface area contributed by atoms with Crippen LogP contribution >= 0.6 is 0 Å². The van der Waals surface area contributed by atoms with Gasteiger partial charge in [0.1, 0.15) is 0 Å². The first kappa shape index (κ1) is 18.5. The number of aromatic nitrogens is 1.